The van der Waals surface area contributed by atoms with E-state index in [1.807, 2.05) is 0 Å². The lowest BCUT2D eigenvalue weighted by Gasteiger charge is -2.22. The zero-order chi connectivity index (χ0) is 20.0. The van der Waals surface area contributed by atoms with Gasteiger partial charge >= 0.3 is 0 Å². The number of nitrogens with zero attached hydrogens (tertiary/aromatic N) is 1. The van der Waals surface area contributed by atoms with Crippen molar-refractivity contribution in [3.63, 3.8) is 0 Å². The standard InChI is InChI=1S/C18H19FN2O5S/c1-27(24,25)16-8-6-15(7-9-16)26-12-18(23)21(11-10-17(20)22)14-4-2-13(19)3-5-14/h2-9H,10-12H2,1H3,(H2,20,22). The summed E-state index contributed by atoms with van der Waals surface area (Å²) < 4.78 is 41.4. The molecule has 2 aromatic rings. The summed E-state index contributed by atoms with van der Waals surface area (Å²) in [7, 11) is -3.32. The maximum absolute atomic E-state index is 13.1. The van der Waals surface area contributed by atoms with Crippen LogP contribution in [0, 0.1) is 5.82 Å². The Morgan fingerprint density at radius 1 is 1.07 bits per heavy atom. The number of anilines is 1. The number of sulfone groups is 1. The molecule has 144 valence electrons. The molecule has 9 heteroatoms. The van der Waals surface area contributed by atoms with E-state index in [0.717, 1.165) is 6.26 Å². The molecule has 2 rings (SSSR count). The lowest BCUT2D eigenvalue weighted by molar-refractivity contribution is -0.120. The Morgan fingerprint density at radius 2 is 1.67 bits per heavy atom. The van der Waals surface area contributed by atoms with Gasteiger partial charge in [-0.25, -0.2) is 12.8 Å². The first-order valence-electron chi connectivity index (χ1n) is 7.94. The van der Waals surface area contributed by atoms with Gasteiger partial charge in [-0.15, -0.1) is 0 Å². The van der Waals surface area contributed by atoms with Crippen molar-refractivity contribution in [3.8, 4) is 5.75 Å². The van der Waals surface area contributed by atoms with Crippen LogP contribution in [0.15, 0.2) is 53.4 Å². The number of rotatable bonds is 8. The van der Waals surface area contributed by atoms with Crippen LogP contribution < -0.4 is 15.4 Å². The minimum atomic E-state index is -3.32. The Labute approximate surface area is 156 Å². The van der Waals surface area contributed by atoms with E-state index >= 15 is 0 Å². The summed E-state index contributed by atoms with van der Waals surface area (Å²) in [6.45, 7) is -0.329. The van der Waals surface area contributed by atoms with Crippen LogP contribution in [0.4, 0.5) is 10.1 Å². The molecule has 0 radical (unpaired) electrons. The van der Waals surface area contributed by atoms with Crippen LogP contribution in [0.25, 0.3) is 0 Å². The van der Waals surface area contributed by atoms with E-state index < -0.39 is 27.5 Å². The number of halogens is 1. The van der Waals surface area contributed by atoms with Gasteiger partial charge in [0.15, 0.2) is 16.4 Å². The van der Waals surface area contributed by atoms with Gasteiger partial charge in [0.25, 0.3) is 5.91 Å². The highest BCUT2D eigenvalue weighted by atomic mass is 32.2. The van der Waals surface area contributed by atoms with Gasteiger partial charge < -0.3 is 15.4 Å². The van der Waals surface area contributed by atoms with E-state index in [1.165, 1.54) is 53.4 Å². The van der Waals surface area contributed by atoms with Gasteiger partial charge in [0, 0.05) is 24.9 Å². The third-order valence-electron chi connectivity index (χ3n) is 3.64. The minimum Gasteiger partial charge on any atom is -0.484 e. The first-order valence-corrected chi connectivity index (χ1v) is 9.83. The largest absolute Gasteiger partial charge is 0.484 e. The summed E-state index contributed by atoms with van der Waals surface area (Å²) >= 11 is 0. The number of nitrogens with two attached hydrogens (primary N) is 1. The molecule has 0 aliphatic rings. The Hall–Kier alpha value is -2.94. The molecule has 0 aliphatic carbocycles. The van der Waals surface area contributed by atoms with Crippen LogP contribution in [0.5, 0.6) is 5.75 Å². The smallest absolute Gasteiger partial charge is 0.264 e. The fourth-order valence-corrected chi connectivity index (χ4v) is 2.88. The molecule has 2 aromatic carbocycles. The van der Waals surface area contributed by atoms with Crippen molar-refractivity contribution >= 4 is 27.3 Å². The molecule has 2 amide bonds. The Kier molecular flexibility index (Phi) is 6.51. The van der Waals surface area contributed by atoms with Crippen LogP contribution in [0.3, 0.4) is 0 Å². The van der Waals surface area contributed by atoms with Crippen molar-refractivity contribution in [3.05, 3.63) is 54.3 Å². The van der Waals surface area contributed by atoms with Gasteiger partial charge in [-0.05, 0) is 48.5 Å². The second kappa shape index (κ2) is 8.63. The molecular weight excluding hydrogens is 375 g/mol. The summed E-state index contributed by atoms with van der Waals surface area (Å²) in [5.41, 5.74) is 5.54. The first kappa shape index (κ1) is 20.4. The van der Waals surface area contributed by atoms with Crippen LogP contribution in [0.2, 0.25) is 0 Å². The number of ether oxygens (including phenoxy) is 1. The molecule has 0 saturated heterocycles. The number of carbonyl (C=O) groups is 2. The van der Waals surface area contributed by atoms with Crippen LogP contribution in [-0.2, 0) is 19.4 Å². The van der Waals surface area contributed by atoms with Crippen molar-refractivity contribution in [2.45, 2.75) is 11.3 Å². The Balaban J connectivity index is 2.08. The van der Waals surface area contributed by atoms with Crippen molar-refractivity contribution in [1.82, 2.24) is 0 Å². The van der Waals surface area contributed by atoms with Gasteiger partial charge in [0.05, 0.1) is 4.90 Å². The predicted molar refractivity (Wildman–Crippen MR) is 97.6 cm³/mol. The topological polar surface area (TPSA) is 107 Å². The third kappa shape index (κ3) is 6.07. The monoisotopic (exact) mass is 394 g/mol. The van der Waals surface area contributed by atoms with Gasteiger partial charge in [-0.3, -0.25) is 9.59 Å². The number of carbonyl (C=O) groups excluding carboxylic acids is 2. The normalized spacial score (nSPS) is 11.0. The van der Waals surface area contributed by atoms with Crippen molar-refractivity contribution < 1.29 is 27.1 Å². The Morgan fingerprint density at radius 3 is 2.19 bits per heavy atom. The van der Waals surface area contributed by atoms with Gasteiger partial charge in [0.2, 0.25) is 5.91 Å². The zero-order valence-corrected chi connectivity index (χ0v) is 15.4. The quantitative estimate of drug-likeness (QED) is 0.730. The average Bonchev–Trinajstić information content (AvgIpc) is 2.61. The molecular formula is C18H19FN2O5S. The van der Waals surface area contributed by atoms with E-state index in [4.69, 9.17) is 10.5 Å². The molecule has 27 heavy (non-hydrogen) atoms. The fourth-order valence-electron chi connectivity index (χ4n) is 2.25. The first-order chi connectivity index (χ1) is 12.7. The molecule has 2 N–H and O–H groups in total. The summed E-state index contributed by atoms with van der Waals surface area (Å²) in [6.07, 6.45) is 1.03. The third-order valence-corrected chi connectivity index (χ3v) is 4.76. The van der Waals surface area contributed by atoms with Gasteiger partial charge in [-0.2, -0.15) is 0 Å². The van der Waals surface area contributed by atoms with E-state index in [-0.39, 0.29) is 24.5 Å². The second-order valence-electron chi connectivity index (χ2n) is 5.77. The molecule has 0 unspecified atom stereocenters. The molecule has 0 heterocycles. The van der Waals surface area contributed by atoms with E-state index in [1.54, 1.807) is 0 Å². The highest BCUT2D eigenvalue weighted by Crippen LogP contribution is 2.18. The molecule has 0 atom stereocenters. The number of amides is 2. The zero-order valence-electron chi connectivity index (χ0n) is 14.6. The number of benzene rings is 2. The molecule has 0 fully saturated rings. The molecule has 0 aliphatic heterocycles. The van der Waals surface area contributed by atoms with E-state index in [9.17, 15) is 22.4 Å². The van der Waals surface area contributed by atoms with Crippen LogP contribution in [0.1, 0.15) is 6.42 Å². The minimum absolute atomic E-state index is 0.0240. The number of primary amides is 1. The fraction of sp³-hybridized carbons (Fsp3) is 0.222. The molecule has 7 nitrogen and oxygen atoms in total. The van der Waals surface area contributed by atoms with Crippen molar-refractivity contribution in [2.75, 3.05) is 24.3 Å². The van der Waals surface area contributed by atoms with E-state index in [2.05, 4.69) is 0 Å². The maximum Gasteiger partial charge on any atom is 0.264 e. The van der Waals surface area contributed by atoms with E-state index in [0.29, 0.717) is 11.4 Å². The molecule has 0 spiro atoms. The summed E-state index contributed by atoms with van der Waals surface area (Å²) in [4.78, 5) is 25.0. The van der Waals surface area contributed by atoms with Gasteiger partial charge in [0.1, 0.15) is 11.6 Å². The summed E-state index contributed by atoms with van der Waals surface area (Å²) in [5, 5.41) is 0. The van der Waals surface area contributed by atoms with Crippen LogP contribution in [-0.4, -0.2) is 39.6 Å². The predicted octanol–water partition coefficient (Wildman–Crippen LogP) is 1.52. The highest BCUT2D eigenvalue weighted by Gasteiger charge is 2.17. The average molecular weight is 394 g/mol. The molecule has 0 bridgehead atoms. The maximum atomic E-state index is 13.1. The number of hydrogen-bond donors (Lipinski definition) is 1. The molecule has 0 aromatic heterocycles. The van der Waals surface area contributed by atoms with Crippen molar-refractivity contribution in [2.24, 2.45) is 5.73 Å². The van der Waals surface area contributed by atoms with Gasteiger partial charge in [-0.1, -0.05) is 0 Å². The SMILES string of the molecule is CS(=O)(=O)c1ccc(OCC(=O)N(CCC(N)=O)c2ccc(F)cc2)cc1. The van der Waals surface area contributed by atoms with Crippen LogP contribution >= 0.6 is 0 Å². The lowest BCUT2D eigenvalue weighted by atomic mass is 10.2. The summed E-state index contributed by atoms with van der Waals surface area (Å²) in [5.74, 6) is -1.18. The Bertz CT molecular complexity index is 912. The van der Waals surface area contributed by atoms with Crippen molar-refractivity contribution in [1.29, 1.82) is 0 Å². The highest BCUT2D eigenvalue weighted by molar-refractivity contribution is 7.90. The number of hydrogen-bond acceptors (Lipinski definition) is 5. The summed E-state index contributed by atoms with van der Waals surface area (Å²) in [6, 6.07) is 10.9. The molecule has 0 saturated carbocycles. The lowest BCUT2D eigenvalue weighted by Crippen LogP contribution is -2.37. The second-order valence-corrected chi connectivity index (χ2v) is 7.79.